The van der Waals surface area contributed by atoms with Crippen LogP contribution >= 0.6 is 0 Å². The zero-order valence-electron chi connectivity index (χ0n) is 13.4. The Morgan fingerprint density at radius 2 is 1.83 bits per heavy atom. The van der Waals surface area contributed by atoms with Gasteiger partial charge in [0, 0.05) is 6.54 Å². The number of aliphatic carboxylic acids is 1. The Morgan fingerprint density at radius 3 is 2.48 bits per heavy atom. The minimum Gasteiger partial charge on any atom is -0.481 e. The highest BCUT2D eigenvalue weighted by Crippen LogP contribution is 2.36. The third-order valence-corrected chi connectivity index (χ3v) is 5.01. The van der Waals surface area contributed by atoms with E-state index in [1.54, 1.807) is 11.8 Å². The largest absolute Gasteiger partial charge is 0.481 e. The average Bonchev–Trinajstić information content (AvgIpc) is 3.00. The maximum Gasteiger partial charge on any atom is 0.307 e. The molecule has 7 nitrogen and oxygen atoms in total. The molecule has 1 aliphatic heterocycles. The number of hydrogen-bond donors (Lipinski definition) is 1. The van der Waals surface area contributed by atoms with Gasteiger partial charge in [0.2, 0.25) is 11.8 Å². The SMILES string of the molecule is Cc1noc([C@@H]2CCCCN2C(=O)[C@@H]2CCCC[C@H]2C(=O)O)n1. The molecule has 0 unspecified atom stereocenters. The molecule has 3 rings (SSSR count). The Labute approximate surface area is 135 Å². The molecular weight excluding hydrogens is 298 g/mol. The molecule has 0 bridgehead atoms. The summed E-state index contributed by atoms with van der Waals surface area (Å²) in [6, 6.07) is -0.214. The summed E-state index contributed by atoms with van der Waals surface area (Å²) >= 11 is 0. The van der Waals surface area contributed by atoms with Gasteiger partial charge in [-0.1, -0.05) is 18.0 Å². The molecule has 0 aromatic carbocycles. The first-order valence-corrected chi connectivity index (χ1v) is 8.41. The molecule has 1 aromatic rings. The average molecular weight is 321 g/mol. The summed E-state index contributed by atoms with van der Waals surface area (Å²) in [6.45, 7) is 2.39. The standard InChI is InChI=1S/C16H23N3O4/c1-10-17-14(23-18-10)13-8-4-5-9-19(13)15(20)11-6-2-3-7-12(11)16(21)22/h11-13H,2-9H2,1H3,(H,21,22)/t11-,12-,13+/m1/s1. The van der Waals surface area contributed by atoms with Crippen molar-refractivity contribution in [3.8, 4) is 0 Å². The van der Waals surface area contributed by atoms with E-state index in [1.165, 1.54) is 0 Å². The van der Waals surface area contributed by atoms with Gasteiger partial charge in [0.15, 0.2) is 5.82 Å². The molecule has 1 aromatic heterocycles. The minimum absolute atomic E-state index is 0.0577. The van der Waals surface area contributed by atoms with E-state index >= 15 is 0 Å². The van der Waals surface area contributed by atoms with Crippen molar-refractivity contribution in [1.82, 2.24) is 15.0 Å². The second-order valence-corrected chi connectivity index (χ2v) is 6.56. The van der Waals surface area contributed by atoms with Crippen LogP contribution in [0.1, 0.15) is 62.7 Å². The van der Waals surface area contributed by atoms with E-state index in [0.717, 1.165) is 32.1 Å². The van der Waals surface area contributed by atoms with Gasteiger partial charge in [-0.25, -0.2) is 0 Å². The summed E-state index contributed by atoms with van der Waals surface area (Å²) in [7, 11) is 0. The van der Waals surface area contributed by atoms with Crippen LogP contribution in [0.2, 0.25) is 0 Å². The number of likely N-dealkylation sites (tertiary alicyclic amines) is 1. The highest BCUT2D eigenvalue weighted by Gasteiger charge is 2.41. The molecule has 1 aliphatic carbocycles. The minimum atomic E-state index is -0.856. The summed E-state index contributed by atoms with van der Waals surface area (Å²) in [4.78, 5) is 30.6. The molecule has 2 fully saturated rings. The van der Waals surface area contributed by atoms with Gasteiger partial charge in [-0.05, 0) is 39.0 Å². The first kappa shape index (κ1) is 16.0. The monoisotopic (exact) mass is 321 g/mol. The Morgan fingerprint density at radius 1 is 1.13 bits per heavy atom. The second kappa shape index (κ2) is 6.68. The maximum absolute atomic E-state index is 13.0. The number of nitrogens with zero attached hydrogens (tertiary/aromatic N) is 3. The summed E-state index contributed by atoms with van der Waals surface area (Å²) in [5.74, 6) is -0.880. The molecule has 7 heteroatoms. The number of carbonyl (C=O) groups is 2. The molecule has 1 amide bonds. The number of aryl methyl sites for hydroxylation is 1. The van der Waals surface area contributed by atoms with Gasteiger partial charge in [-0.15, -0.1) is 0 Å². The van der Waals surface area contributed by atoms with E-state index in [9.17, 15) is 14.7 Å². The molecule has 1 N–H and O–H groups in total. The van der Waals surface area contributed by atoms with Crippen LogP contribution < -0.4 is 0 Å². The number of carbonyl (C=O) groups excluding carboxylic acids is 1. The van der Waals surface area contributed by atoms with Crippen molar-refractivity contribution in [2.45, 2.75) is 57.9 Å². The molecule has 23 heavy (non-hydrogen) atoms. The van der Waals surface area contributed by atoms with Crippen molar-refractivity contribution in [1.29, 1.82) is 0 Å². The summed E-state index contributed by atoms with van der Waals surface area (Å²) in [5.41, 5.74) is 0. The molecule has 0 spiro atoms. The van der Waals surface area contributed by atoms with Crippen LogP contribution in [0.4, 0.5) is 0 Å². The first-order valence-electron chi connectivity index (χ1n) is 8.41. The second-order valence-electron chi connectivity index (χ2n) is 6.56. The predicted octanol–water partition coefficient (Wildman–Crippen LogP) is 2.32. The van der Waals surface area contributed by atoms with E-state index < -0.39 is 17.8 Å². The molecule has 1 saturated heterocycles. The number of aromatic nitrogens is 2. The van der Waals surface area contributed by atoms with Gasteiger partial charge in [-0.2, -0.15) is 4.98 Å². The van der Waals surface area contributed by atoms with E-state index in [4.69, 9.17) is 4.52 Å². The normalized spacial score (nSPS) is 28.6. The van der Waals surface area contributed by atoms with Gasteiger partial charge in [0.25, 0.3) is 0 Å². The fourth-order valence-corrected chi connectivity index (χ4v) is 3.84. The fraction of sp³-hybridized carbons (Fsp3) is 0.750. The van der Waals surface area contributed by atoms with E-state index in [2.05, 4.69) is 10.1 Å². The molecular formula is C16H23N3O4. The van der Waals surface area contributed by atoms with Crippen LogP contribution in [0, 0.1) is 18.8 Å². The van der Waals surface area contributed by atoms with Crippen molar-refractivity contribution in [3.05, 3.63) is 11.7 Å². The highest BCUT2D eigenvalue weighted by molar-refractivity contribution is 5.85. The van der Waals surface area contributed by atoms with Gasteiger partial charge in [0.1, 0.15) is 6.04 Å². The fourth-order valence-electron chi connectivity index (χ4n) is 3.84. The predicted molar refractivity (Wildman–Crippen MR) is 80.4 cm³/mol. The van der Waals surface area contributed by atoms with E-state index in [1.807, 2.05) is 0 Å². The van der Waals surface area contributed by atoms with Crippen LogP contribution in [-0.2, 0) is 9.59 Å². The zero-order chi connectivity index (χ0) is 16.4. The van der Waals surface area contributed by atoms with Crippen molar-refractivity contribution in [3.63, 3.8) is 0 Å². The van der Waals surface area contributed by atoms with Crippen molar-refractivity contribution in [2.24, 2.45) is 11.8 Å². The van der Waals surface area contributed by atoms with E-state index in [0.29, 0.717) is 31.1 Å². The summed E-state index contributed by atoms with van der Waals surface area (Å²) in [6.07, 6.45) is 5.76. The van der Waals surface area contributed by atoms with Crippen LogP contribution in [0.25, 0.3) is 0 Å². The Bertz CT molecular complexity index is 586. The molecule has 1 saturated carbocycles. The number of amides is 1. The van der Waals surface area contributed by atoms with Gasteiger partial charge in [-0.3, -0.25) is 9.59 Å². The molecule has 2 aliphatic rings. The summed E-state index contributed by atoms with van der Waals surface area (Å²) < 4.78 is 5.27. The zero-order valence-corrected chi connectivity index (χ0v) is 13.4. The number of rotatable bonds is 3. The van der Waals surface area contributed by atoms with Crippen molar-refractivity contribution >= 4 is 11.9 Å². The lowest BCUT2D eigenvalue weighted by molar-refractivity contribution is -0.154. The summed E-state index contributed by atoms with van der Waals surface area (Å²) in [5, 5.41) is 13.3. The van der Waals surface area contributed by atoms with Gasteiger partial charge in [0.05, 0.1) is 11.8 Å². The van der Waals surface area contributed by atoms with Crippen LogP contribution in [0.5, 0.6) is 0 Å². The van der Waals surface area contributed by atoms with Crippen molar-refractivity contribution < 1.29 is 19.2 Å². The Kier molecular flexibility index (Phi) is 4.63. The van der Waals surface area contributed by atoms with Crippen molar-refractivity contribution in [2.75, 3.05) is 6.54 Å². The third-order valence-electron chi connectivity index (χ3n) is 5.01. The molecule has 2 heterocycles. The lowest BCUT2D eigenvalue weighted by Gasteiger charge is -2.38. The van der Waals surface area contributed by atoms with Crippen LogP contribution in [0.15, 0.2) is 4.52 Å². The number of hydrogen-bond acceptors (Lipinski definition) is 5. The number of carboxylic acid groups (broad SMARTS) is 1. The molecule has 126 valence electrons. The smallest absolute Gasteiger partial charge is 0.307 e. The number of piperidine rings is 1. The molecule has 3 atom stereocenters. The lowest BCUT2D eigenvalue weighted by atomic mass is 9.78. The third kappa shape index (κ3) is 3.23. The van der Waals surface area contributed by atoms with Crippen LogP contribution in [-0.4, -0.2) is 38.6 Å². The topological polar surface area (TPSA) is 96.5 Å². The Balaban J connectivity index is 1.81. The van der Waals surface area contributed by atoms with E-state index in [-0.39, 0.29) is 11.9 Å². The lowest BCUT2D eigenvalue weighted by Crippen LogP contribution is -2.46. The van der Waals surface area contributed by atoms with Gasteiger partial charge < -0.3 is 14.5 Å². The number of carboxylic acids is 1. The first-order chi connectivity index (χ1) is 11.1. The highest BCUT2D eigenvalue weighted by atomic mass is 16.5. The van der Waals surface area contributed by atoms with Gasteiger partial charge >= 0.3 is 5.97 Å². The quantitative estimate of drug-likeness (QED) is 0.917. The maximum atomic E-state index is 13.0. The Hall–Kier alpha value is -1.92. The van der Waals surface area contributed by atoms with Crippen LogP contribution in [0.3, 0.4) is 0 Å². The molecule has 0 radical (unpaired) electrons.